The lowest BCUT2D eigenvalue weighted by Gasteiger charge is -2.14. The quantitative estimate of drug-likeness (QED) is 0.589. The predicted molar refractivity (Wildman–Crippen MR) is 75.3 cm³/mol. The van der Waals surface area contributed by atoms with E-state index in [4.69, 9.17) is 11.6 Å². The maximum absolute atomic E-state index is 11.9. The van der Waals surface area contributed by atoms with Gasteiger partial charge in [-0.15, -0.1) is 0 Å². The molecular weight excluding hydrogens is 374 g/mol. The van der Waals surface area contributed by atoms with Gasteiger partial charge >= 0.3 is 5.97 Å². The zero-order chi connectivity index (χ0) is 15.1. The molecule has 0 N–H and O–H groups in total. The van der Waals surface area contributed by atoms with Gasteiger partial charge in [-0.05, 0) is 22.0 Å². The predicted octanol–water partition coefficient (Wildman–Crippen LogP) is 1.40. The maximum Gasteiger partial charge on any atom is 0.330 e. The lowest BCUT2D eigenvalue weighted by Crippen LogP contribution is -2.25. The van der Waals surface area contributed by atoms with Crippen molar-refractivity contribution in [1.29, 1.82) is 0 Å². The van der Waals surface area contributed by atoms with Crippen molar-refractivity contribution in [3.05, 3.63) is 27.6 Å². The number of sulfone groups is 1. The van der Waals surface area contributed by atoms with E-state index in [0.717, 1.165) is 13.4 Å². The minimum Gasteiger partial charge on any atom is -0.468 e. The second kappa shape index (κ2) is 5.30. The van der Waals surface area contributed by atoms with Crippen molar-refractivity contribution in [1.82, 2.24) is 14.6 Å². The van der Waals surface area contributed by atoms with Crippen molar-refractivity contribution in [2.24, 2.45) is 0 Å². The lowest BCUT2D eigenvalue weighted by molar-refractivity contribution is -0.140. The van der Waals surface area contributed by atoms with Crippen LogP contribution < -0.4 is 0 Å². The summed E-state index contributed by atoms with van der Waals surface area (Å²) in [4.78, 5) is 15.8. The largest absolute Gasteiger partial charge is 0.468 e. The van der Waals surface area contributed by atoms with E-state index >= 15 is 0 Å². The molecule has 0 saturated carbocycles. The zero-order valence-corrected chi connectivity index (χ0v) is 13.5. The summed E-state index contributed by atoms with van der Waals surface area (Å²) in [5, 5.41) is 2.51. The smallest absolute Gasteiger partial charge is 0.330 e. The number of hydrogen-bond donors (Lipinski definition) is 0. The lowest BCUT2D eigenvalue weighted by atomic mass is 10.3. The number of methoxy groups -OCH3 is 1. The SMILES string of the molecule is COC(=O)C(c1cc(Cl)nc2c(Br)cnn12)S(C)(=O)=O. The minimum atomic E-state index is -3.77. The first-order valence-corrected chi connectivity index (χ1v) is 8.34. The molecule has 1 unspecified atom stereocenters. The summed E-state index contributed by atoms with van der Waals surface area (Å²) in [7, 11) is -2.65. The third-order valence-corrected chi connectivity index (χ3v) is 4.58. The number of hydrogen-bond acceptors (Lipinski definition) is 6. The summed E-state index contributed by atoms with van der Waals surface area (Å²) in [5.41, 5.74) is 0.380. The standard InChI is InChI=1S/C10H9BrClN3O4S/c1-19-10(16)8(20(2,17)18)6-3-7(12)14-9-5(11)4-13-15(6)9/h3-4,8H,1-2H3. The molecule has 2 aromatic heterocycles. The number of carbonyl (C=O) groups is 1. The van der Waals surface area contributed by atoms with E-state index in [1.165, 1.54) is 16.8 Å². The van der Waals surface area contributed by atoms with E-state index in [-0.39, 0.29) is 10.8 Å². The highest BCUT2D eigenvalue weighted by atomic mass is 79.9. The zero-order valence-electron chi connectivity index (χ0n) is 10.4. The topological polar surface area (TPSA) is 90.6 Å². The van der Waals surface area contributed by atoms with Gasteiger partial charge in [0, 0.05) is 6.26 Å². The number of halogens is 2. The molecule has 0 radical (unpaired) electrons. The maximum atomic E-state index is 11.9. The van der Waals surface area contributed by atoms with Crippen molar-refractivity contribution in [2.75, 3.05) is 13.4 Å². The summed E-state index contributed by atoms with van der Waals surface area (Å²) >= 11 is 9.09. The Kier molecular flexibility index (Phi) is 4.03. The fourth-order valence-corrected chi connectivity index (χ4v) is 3.33. The Hall–Kier alpha value is -1.19. The van der Waals surface area contributed by atoms with Crippen LogP contribution in [0.15, 0.2) is 16.7 Å². The highest BCUT2D eigenvalue weighted by molar-refractivity contribution is 9.10. The van der Waals surface area contributed by atoms with Crippen LogP contribution in [0.4, 0.5) is 0 Å². The number of rotatable bonds is 3. The Bertz CT molecular complexity index is 789. The van der Waals surface area contributed by atoms with Gasteiger partial charge in [0.25, 0.3) is 0 Å². The normalized spacial score (nSPS) is 13.4. The van der Waals surface area contributed by atoms with E-state index in [9.17, 15) is 13.2 Å². The van der Waals surface area contributed by atoms with E-state index in [0.29, 0.717) is 10.1 Å². The Morgan fingerprint density at radius 1 is 1.55 bits per heavy atom. The van der Waals surface area contributed by atoms with Crippen LogP contribution in [0.2, 0.25) is 5.15 Å². The molecule has 0 fully saturated rings. The fourth-order valence-electron chi connectivity index (χ4n) is 1.74. The molecule has 0 aliphatic carbocycles. The summed E-state index contributed by atoms with van der Waals surface area (Å²) in [6.45, 7) is 0. The molecule has 7 nitrogen and oxygen atoms in total. The van der Waals surface area contributed by atoms with E-state index in [2.05, 4.69) is 30.7 Å². The third kappa shape index (κ3) is 2.65. The molecule has 0 saturated heterocycles. The van der Waals surface area contributed by atoms with Crippen LogP contribution in [0.1, 0.15) is 10.9 Å². The molecule has 0 aliphatic rings. The number of aromatic nitrogens is 3. The van der Waals surface area contributed by atoms with Crippen molar-refractivity contribution < 1.29 is 17.9 Å². The molecule has 0 amide bonds. The number of esters is 1. The van der Waals surface area contributed by atoms with Crippen molar-refractivity contribution in [2.45, 2.75) is 5.25 Å². The molecule has 2 heterocycles. The molecular formula is C10H9BrClN3O4S. The van der Waals surface area contributed by atoms with Crippen LogP contribution in [0, 0.1) is 0 Å². The monoisotopic (exact) mass is 381 g/mol. The molecule has 108 valence electrons. The Morgan fingerprint density at radius 2 is 2.20 bits per heavy atom. The summed E-state index contributed by atoms with van der Waals surface area (Å²) in [6, 6.07) is 1.27. The average molecular weight is 383 g/mol. The number of carbonyl (C=O) groups excluding carboxylic acids is 1. The van der Waals surface area contributed by atoms with Crippen molar-refractivity contribution in [3.63, 3.8) is 0 Å². The molecule has 20 heavy (non-hydrogen) atoms. The van der Waals surface area contributed by atoms with Gasteiger partial charge in [0.15, 0.2) is 15.5 Å². The van der Waals surface area contributed by atoms with Crippen LogP contribution in [0.3, 0.4) is 0 Å². The van der Waals surface area contributed by atoms with Gasteiger partial charge in [0.1, 0.15) is 5.15 Å². The Balaban J connectivity index is 2.81. The van der Waals surface area contributed by atoms with Gasteiger partial charge in [0.05, 0.1) is 23.5 Å². The van der Waals surface area contributed by atoms with Crippen LogP contribution >= 0.6 is 27.5 Å². The molecule has 0 aromatic carbocycles. The van der Waals surface area contributed by atoms with Crippen LogP contribution in [-0.2, 0) is 19.4 Å². The first kappa shape index (κ1) is 15.2. The molecule has 2 aromatic rings. The molecule has 2 rings (SSSR count). The van der Waals surface area contributed by atoms with Gasteiger partial charge in [-0.2, -0.15) is 5.10 Å². The molecule has 10 heteroatoms. The second-order valence-electron chi connectivity index (χ2n) is 3.96. The van der Waals surface area contributed by atoms with Crippen LogP contribution in [-0.4, -0.2) is 42.4 Å². The van der Waals surface area contributed by atoms with Gasteiger partial charge in [-0.1, -0.05) is 11.6 Å². The van der Waals surface area contributed by atoms with Gasteiger partial charge in [-0.3, -0.25) is 4.79 Å². The van der Waals surface area contributed by atoms with Crippen molar-refractivity contribution in [3.8, 4) is 0 Å². The first-order valence-electron chi connectivity index (χ1n) is 5.22. The van der Waals surface area contributed by atoms with Gasteiger partial charge in [0.2, 0.25) is 5.25 Å². The Labute approximate surface area is 127 Å². The summed E-state index contributed by atoms with van der Waals surface area (Å²) < 4.78 is 30.1. The summed E-state index contributed by atoms with van der Waals surface area (Å²) in [6.07, 6.45) is 2.37. The molecule has 0 aliphatic heterocycles. The molecule has 1 atom stereocenters. The number of nitrogens with zero attached hydrogens (tertiary/aromatic N) is 3. The van der Waals surface area contributed by atoms with Crippen LogP contribution in [0.5, 0.6) is 0 Å². The van der Waals surface area contributed by atoms with E-state index < -0.39 is 21.1 Å². The van der Waals surface area contributed by atoms with E-state index in [1.54, 1.807) is 0 Å². The molecule has 0 bridgehead atoms. The Morgan fingerprint density at radius 3 is 2.75 bits per heavy atom. The van der Waals surface area contributed by atoms with Crippen LogP contribution in [0.25, 0.3) is 5.65 Å². The number of ether oxygens (including phenoxy) is 1. The number of fused-ring (bicyclic) bond motifs is 1. The average Bonchev–Trinajstić information content (AvgIpc) is 2.69. The van der Waals surface area contributed by atoms with Crippen molar-refractivity contribution >= 4 is 49.0 Å². The van der Waals surface area contributed by atoms with Gasteiger partial charge in [-0.25, -0.2) is 17.9 Å². The first-order chi connectivity index (χ1) is 9.25. The molecule has 0 spiro atoms. The highest BCUT2D eigenvalue weighted by Gasteiger charge is 2.35. The van der Waals surface area contributed by atoms with E-state index in [1.807, 2.05) is 0 Å². The third-order valence-electron chi connectivity index (χ3n) is 2.54. The summed E-state index contributed by atoms with van der Waals surface area (Å²) in [5.74, 6) is -0.914. The van der Waals surface area contributed by atoms with Gasteiger partial charge < -0.3 is 4.74 Å². The minimum absolute atomic E-state index is 0.0475. The highest BCUT2D eigenvalue weighted by Crippen LogP contribution is 2.28. The second-order valence-corrected chi connectivity index (χ2v) is 7.34. The fraction of sp³-hybridized carbons (Fsp3) is 0.300.